The SMILES string of the molecule is Cc1ccc(-n2c(S[C@@H](C)c3ccccc3)nc3c([nH]c4ccccc43)c2=O)cc1. The number of nitrogens with zero attached hydrogens (tertiary/aromatic N) is 2. The summed E-state index contributed by atoms with van der Waals surface area (Å²) in [7, 11) is 0. The van der Waals surface area contributed by atoms with E-state index < -0.39 is 0 Å². The molecule has 0 fully saturated rings. The van der Waals surface area contributed by atoms with Gasteiger partial charge in [-0.15, -0.1) is 0 Å². The van der Waals surface area contributed by atoms with Gasteiger partial charge < -0.3 is 4.98 Å². The third kappa shape index (κ3) is 3.21. The molecule has 0 spiro atoms. The van der Waals surface area contributed by atoms with Crippen molar-refractivity contribution in [2.75, 3.05) is 0 Å². The molecule has 0 unspecified atom stereocenters. The highest BCUT2D eigenvalue weighted by Crippen LogP contribution is 2.35. The molecule has 2 heterocycles. The number of para-hydroxylation sites is 1. The van der Waals surface area contributed by atoms with Crippen LogP contribution in [0.5, 0.6) is 0 Å². The summed E-state index contributed by atoms with van der Waals surface area (Å²) in [5, 5.41) is 1.81. The van der Waals surface area contributed by atoms with E-state index in [4.69, 9.17) is 4.98 Å². The lowest BCUT2D eigenvalue weighted by Gasteiger charge is -2.16. The zero-order valence-electron chi connectivity index (χ0n) is 16.8. The van der Waals surface area contributed by atoms with Crippen molar-refractivity contribution in [3.05, 3.63) is 100 Å². The molecule has 30 heavy (non-hydrogen) atoms. The molecule has 148 valence electrons. The van der Waals surface area contributed by atoms with E-state index in [1.54, 1.807) is 16.3 Å². The summed E-state index contributed by atoms with van der Waals surface area (Å²) in [4.78, 5) is 21.9. The lowest BCUT2D eigenvalue weighted by Crippen LogP contribution is -2.22. The molecule has 5 rings (SSSR count). The summed E-state index contributed by atoms with van der Waals surface area (Å²) in [6.07, 6.45) is 0. The first kappa shape index (κ1) is 18.7. The van der Waals surface area contributed by atoms with E-state index in [9.17, 15) is 4.79 Å². The van der Waals surface area contributed by atoms with Gasteiger partial charge in [0.15, 0.2) is 5.16 Å². The van der Waals surface area contributed by atoms with Crippen molar-refractivity contribution in [2.24, 2.45) is 0 Å². The average Bonchev–Trinajstić information content (AvgIpc) is 3.15. The number of aromatic amines is 1. The van der Waals surface area contributed by atoms with Crippen LogP contribution in [0.2, 0.25) is 0 Å². The van der Waals surface area contributed by atoms with Crippen molar-refractivity contribution in [2.45, 2.75) is 24.3 Å². The molecule has 0 saturated carbocycles. The molecule has 2 aromatic heterocycles. The van der Waals surface area contributed by atoms with E-state index in [2.05, 4.69) is 24.0 Å². The molecule has 0 aliphatic heterocycles. The van der Waals surface area contributed by atoms with Crippen LogP contribution >= 0.6 is 11.8 Å². The van der Waals surface area contributed by atoms with Gasteiger partial charge in [0.1, 0.15) is 11.0 Å². The predicted octanol–water partition coefficient (Wildman–Crippen LogP) is 6.03. The van der Waals surface area contributed by atoms with Crippen molar-refractivity contribution >= 4 is 33.7 Å². The normalized spacial score (nSPS) is 12.5. The fraction of sp³-hybridized carbons (Fsp3) is 0.120. The minimum atomic E-state index is -0.0807. The number of hydrogen-bond donors (Lipinski definition) is 1. The molecule has 5 heteroatoms. The van der Waals surface area contributed by atoms with E-state index in [1.807, 2.05) is 73.7 Å². The molecular weight excluding hydrogens is 390 g/mol. The van der Waals surface area contributed by atoms with Crippen LogP contribution in [0.25, 0.3) is 27.6 Å². The zero-order valence-corrected chi connectivity index (χ0v) is 17.6. The van der Waals surface area contributed by atoms with Crippen LogP contribution in [0.15, 0.2) is 88.8 Å². The Morgan fingerprint density at radius 3 is 2.40 bits per heavy atom. The second-order valence-electron chi connectivity index (χ2n) is 7.44. The Hall–Kier alpha value is -3.31. The van der Waals surface area contributed by atoms with Crippen molar-refractivity contribution in [3.63, 3.8) is 0 Å². The first-order chi connectivity index (χ1) is 14.6. The summed E-state index contributed by atoms with van der Waals surface area (Å²) in [5.74, 6) is 0. The molecule has 0 bridgehead atoms. The summed E-state index contributed by atoms with van der Waals surface area (Å²) in [5.41, 5.74) is 5.27. The maximum absolute atomic E-state index is 13.6. The van der Waals surface area contributed by atoms with Crippen LogP contribution in [0, 0.1) is 6.92 Å². The second kappa shape index (κ2) is 7.50. The van der Waals surface area contributed by atoms with E-state index in [1.165, 1.54) is 5.56 Å². The molecule has 0 saturated heterocycles. The van der Waals surface area contributed by atoms with E-state index in [0.29, 0.717) is 10.7 Å². The van der Waals surface area contributed by atoms with E-state index >= 15 is 0 Å². The van der Waals surface area contributed by atoms with Crippen LogP contribution in [-0.4, -0.2) is 14.5 Å². The zero-order chi connectivity index (χ0) is 20.7. The largest absolute Gasteiger partial charge is 0.349 e. The Balaban J connectivity index is 1.75. The Kier molecular flexibility index (Phi) is 4.68. The van der Waals surface area contributed by atoms with E-state index in [0.717, 1.165) is 27.7 Å². The van der Waals surface area contributed by atoms with Crippen LogP contribution in [0.1, 0.15) is 23.3 Å². The number of nitrogens with one attached hydrogen (secondary N) is 1. The molecule has 3 aromatic carbocycles. The Labute approximate surface area is 178 Å². The fourth-order valence-corrected chi connectivity index (χ4v) is 4.74. The summed E-state index contributed by atoms with van der Waals surface area (Å²) in [6, 6.07) is 26.2. The highest BCUT2D eigenvalue weighted by Gasteiger charge is 2.19. The quantitative estimate of drug-likeness (QED) is 0.290. The van der Waals surface area contributed by atoms with Crippen molar-refractivity contribution in [3.8, 4) is 5.69 Å². The number of fused-ring (bicyclic) bond motifs is 3. The third-order valence-corrected chi connectivity index (χ3v) is 6.45. The second-order valence-corrected chi connectivity index (χ2v) is 8.74. The minimum Gasteiger partial charge on any atom is -0.349 e. The number of benzene rings is 3. The van der Waals surface area contributed by atoms with Crippen LogP contribution < -0.4 is 5.56 Å². The van der Waals surface area contributed by atoms with Gasteiger partial charge in [-0.3, -0.25) is 9.36 Å². The third-order valence-electron chi connectivity index (χ3n) is 5.34. The molecule has 0 aliphatic carbocycles. The standard InChI is InChI=1S/C25H21N3OS/c1-16-12-14-19(15-13-16)28-24(29)23-22(20-10-6-7-11-21(20)26-23)27-25(28)30-17(2)18-8-4-3-5-9-18/h3-15,17,26H,1-2H3/t17-/m0/s1. The summed E-state index contributed by atoms with van der Waals surface area (Å²) < 4.78 is 1.72. The Morgan fingerprint density at radius 2 is 1.63 bits per heavy atom. The van der Waals surface area contributed by atoms with Crippen LogP contribution in [0.3, 0.4) is 0 Å². The van der Waals surface area contributed by atoms with Gasteiger partial charge in [0.2, 0.25) is 0 Å². The van der Waals surface area contributed by atoms with Gasteiger partial charge in [-0.25, -0.2) is 4.98 Å². The number of thioether (sulfide) groups is 1. The lowest BCUT2D eigenvalue weighted by atomic mass is 10.2. The lowest BCUT2D eigenvalue weighted by molar-refractivity contribution is 0.814. The van der Waals surface area contributed by atoms with Gasteiger partial charge in [-0.05, 0) is 37.6 Å². The number of H-pyrrole nitrogens is 1. The summed E-state index contributed by atoms with van der Waals surface area (Å²) >= 11 is 1.60. The molecular formula is C25H21N3OS. The number of aryl methyl sites for hydroxylation is 1. The first-order valence-corrected chi connectivity index (χ1v) is 10.8. The van der Waals surface area contributed by atoms with Gasteiger partial charge in [0.05, 0.1) is 5.69 Å². The monoisotopic (exact) mass is 411 g/mol. The average molecular weight is 412 g/mol. The maximum atomic E-state index is 13.6. The van der Waals surface area contributed by atoms with Gasteiger partial charge in [-0.1, -0.05) is 78.0 Å². The molecule has 0 amide bonds. The van der Waals surface area contributed by atoms with Crippen molar-refractivity contribution in [1.29, 1.82) is 0 Å². The molecule has 5 aromatic rings. The molecule has 1 N–H and O–H groups in total. The van der Waals surface area contributed by atoms with Crippen LogP contribution in [0.4, 0.5) is 0 Å². The van der Waals surface area contributed by atoms with Crippen LogP contribution in [-0.2, 0) is 0 Å². The fourth-order valence-electron chi connectivity index (χ4n) is 3.69. The Bertz CT molecular complexity index is 1400. The number of hydrogen-bond acceptors (Lipinski definition) is 3. The first-order valence-electron chi connectivity index (χ1n) is 9.94. The molecule has 1 atom stereocenters. The van der Waals surface area contributed by atoms with Gasteiger partial charge in [0, 0.05) is 16.2 Å². The smallest absolute Gasteiger partial charge is 0.283 e. The molecule has 0 radical (unpaired) electrons. The highest BCUT2D eigenvalue weighted by molar-refractivity contribution is 7.99. The highest BCUT2D eigenvalue weighted by atomic mass is 32.2. The number of rotatable bonds is 4. The Morgan fingerprint density at radius 1 is 0.933 bits per heavy atom. The summed E-state index contributed by atoms with van der Waals surface area (Å²) in [6.45, 7) is 4.18. The predicted molar refractivity (Wildman–Crippen MR) is 125 cm³/mol. The molecule has 4 nitrogen and oxygen atoms in total. The van der Waals surface area contributed by atoms with Crippen molar-refractivity contribution < 1.29 is 0 Å². The van der Waals surface area contributed by atoms with Crippen molar-refractivity contribution in [1.82, 2.24) is 14.5 Å². The van der Waals surface area contributed by atoms with E-state index in [-0.39, 0.29) is 10.8 Å². The van der Waals surface area contributed by atoms with Gasteiger partial charge in [0.25, 0.3) is 5.56 Å². The minimum absolute atomic E-state index is 0.0807. The van der Waals surface area contributed by atoms with Gasteiger partial charge >= 0.3 is 0 Å². The van der Waals surface area contributed by atoms with Gasteiger partial charge in [-0.2, -0.15) is 0 Å². The maximum Gasteiger partial charge on any atom is 0.283 e. The topological polar surface area (TPSA) is 50.7 Å². The number of aromatic nitrogens is 3. The molecule has 0 aliphatic rings.